The largest absolute Gasteiger partial charge is 0.384 e. The quantitative estimate of drug-likeness (QED) is 0.268. The van der Waals surface area contributed by atoms with Crippen LogP contribution in [0, 0.1) is 0 Å². The van der Waals surface area contributed by atoms with Gasteiger partial charge in [-0.2, -0.15) is 0 Å². The van der Waals surface area contributed by atoms with Gasteiger partial charge in [0.2, 0.25) is 5.91 Å². The number of benzene rings is 2. The number of guanidine groups is 1. The molecule has 0 aliphatic carbocycles. The van der Waals surface area contributed by atoms with Gasteiger partial charge in [-0.1, -0.05) is 60.7 Å². The molecule has 6 nitrogen and oxygen atoms in total. The normalized spacial score (nSPS) is 13.0. The number of carbonyl (C=O) groups is 1. The fraction of sp³-hybridized carbons (Fsp3) is 0.391. The Morgan fingerprint density at radius 1 is 1.07 bits per heavy atom. The van der Waals surface area contributed by atoms with Gasteiger partial charge >= 0.3 is 0 Å². The van der Waals surface area contributed by atoms with E-state index in [1.807, 2.05) is 74.6 Å². The average molecular weight is 524 g/mol. The van der Waals surface area contributed by atoms with Crippen LogP contribution in [0.3, 0.4) is 0 Å². The molecule has 7 heteroatoms. The van der Waals surface area contributed by atoms with E-state index >= 15 is 0 Å². The molecule has 1 unspecified atom stereocenters. The molecule has 0 aromatic heterocycles. The van der Waals surface area contributed by atoms with Crippen LogP contribution in [0.1, 0.15) is 31.4 Å². The van der Waals surface area contributed by atoms with Gasteiger partial charge in [0.25, 0.3) is 0 Å². The summed E-state index contributed by atoms with van der Waals surface area (Å²) in [5, 5.41) is 17.0. The first-order chi connectivity index (χ1) is 13.9. The minimum absolute atomic E-state index is 0. The number of hydrogen-bond donors (Lipinski definition) is 3. The molecular formula is C23H33IN4O2. The van der Waals surface area contributed by atoms with E-state index in [9.17, 15) is 9.90 Å². The maximum Gasteiger partial charge on any atom is 0.224 e. The standard InChI is InChI=1S/C23H32N4O2.HI/c1-4-24-22(26-18-23(2,29)20-13-9-6-10-14-20)25-16-15-21(28)27(3)17-19-11-7-5-8-12-19;/h5-14,29H,4,15-18H2,1-3H3,(H2,24,25,26);1H. The van der Waals surface area contributed by atoms with E-state index in [1.165, 1.54) is 0 Å². The molecule has 0 fully saturated rings. The molecule has 164 valence electrons. The van der Waals surface area contributed by atoms with Crippen LogP contribution in [0.2, 0.25) is 0 Å². The lowest BCUT2D eigenvalue weighted by atomic mass is 9.96. The number of aliphatic imine (C=N–C) groups is 1. The molecule has 3 N–H and O–H groups in total. The molecular weight excluding hydrogens is 491 g/mol. The molecule has 0 aliphatic heterocycles. The molecule has 2 aromatic carbocycles. The number of nitrogens with zero attached hydrogens (tertiary/aromatic N) is 2. The highest BCUT2D eigenvalue weighted by Gasteiger charge is 2.22. The van der Waals surface area contributed by atoms with Crippen LogP contribution in [-0.4, -0.2) is 48.6 Å². The summed E-state index contributed by atoms with van der Waals surface area (Å²) in [6, 6.07) is 19.4. The fourth-order valence-electron chi connectivity index (χ4n) is 2.89. The van der Waals surface area contributed by atoms with E-state index in [0.29, 0.717) is 32.0 Å². The summed E-state index contributed by atoms with van der Waals surface area (Å²) < 4.78 is 0. The Morgan fingerprint density at radius 2 is 1.67 bits per heavy atom. The van der Waals surface area contributed by atoms with Crippen molar-refractivity contribution in [3.63, 3.8) is 0 Å². The van der Waals surface area contributed by atoms with Crippen molar-refractivity contribution in [3.8, 4) is 0 Å². The maximum atomic E-state index is 12.4. The zero-order chi connectivity index (χ0) is 21.1. The number of hydrogen-bond acceptors (Lipinski definition) is 3. The third kappa shape index (κ3) is 8.71. The van der Waals surface area contributed by atoms with Gasteiger partial charge in [-0.05, 0) is 25.0 Å². The Morgan fingerprint density at radius 3 is 2.27 bits per heavy atom. The van der Waals surface area contributed by atoms with E-state index in [0.717, 1.165) is 11.1 Å². The summed E-state index contributed by atoms with van der Waals surface area (Å²) in [4.78, 5) is 18.6. The molecule has 1 atom stereocenters. The third-order valence-electron chi connectivity index (χ3n) is 4.60. The number of aliphatic hydroxyl groups is 1. The Kier molecular flexibility index (Phi) is 11.4. The van der Waals surface area contributed by atoms with Gasteiger partial charge in [-0.25, -0.2) is 4.99 Å². The van der Waals surface area contributed by atoms with Gasteiger partial charge in [-0.15, -0.1) is 24.0 Å². The summed E-state index contributed by atoms with van der Waals surface area (Å²) in [6.45, 7) is 5.70. The average Bonchev–Trinajstić information content (AvgIpc) is 2.73. The molecule has 0 spiro atoms. The van der Waals surface area contributed by atoms with Crippen molar-refractivity contribution in [1.82, 2.24) is 15.5 Å². The van der Waals surface area contributed by atoms with Crippen LogP contribution in [0.25, 0.3) is 0 Å². The minimum atomic E-state index is -1.06. The molecule has 30 heavy (non-hydrogen) atoms. The zero-order valence-corrected chi connectivity index (χ0v) is 20.3. The summed E-state index contributed by atoms with van der Waals surface area (Å²) >= 11 is 0. The van der Waals surface area contributed by atoms with Gasteiger partial charge in [-0.3, -0.25) is 4.79 Å². The van der Waals surface area contributed by atoms with E-state index in [1.54, 1.807) is 11.8 Å². The van der Waals surface area contributed by atoms with E-state index in [-0.39, 0.29) is 36.4 Å². The monoisotopic (exact) mass is 524 g/mol. The van der Waals surface area contributed by atoms with Crippen molar-refractivity contribution in [2.75, 3.05) is 26.7 Å². The van der Waals surface area contributed by atoms with Crippen molar-refractivity contribution < 1.29 is 9.90 Å². The number of rotatable bonds is 9. The smallest absolute Gasteiger partial charge is 0.224 e. The second-order valence-corrected chi connectivity index (χ2v) is 7.25. The molecule has 1 amide bonds. The Bertz CT molecular complexity index is 782. The molecule has 0 heterocycles. The van der Waals surface area contributed by atoms with E-state index in [2.05, 4.69) is 15.6 Å². The SMILES string of the molecule is CCNC(=NCC(C)(O)c1ccccc1)NCCC(=O)N(C)Cc1ccccc1.I. The van der Waals surface area contributed by atoms with E-state index < -0.39 is 5.60 Å². The van der Waals surface area contributed by atoms with Crippen LogP contribution in [0.15, 0.2) is 65.7 Å². The maximum absolute atomic E-state index is 12.4. The Hall–Kier alpha value is -2.13. The number of amides is 1. The number of halogens is 1. The van der Waals surface area contributed by atoms with Gasteiger partial charge < -0.3 is 20.6 Å². The second kappa shape index (κ2) is 13.2. The van der Waals surface area contributed by atoms with Gasteiger partial charge in [0.05, 0.1) is 6.54 Å². The van der Waals surface area contributed by atoms with Crippen LogP contribution in [0.4, 0.5) is 0 Å². The lowest BCUT2D eigenvalue weighted by Crippen LogP contribution is -2.40. The van der Waals surface area contributed by atoms with Crippen molar-refractivity contribution in [3.05, 3.63) is 71.8 Å². The Balaban J connectivity index is 0.00000450. The topological polar surface area (TPSA) is 77.0 Å². The predicted molar refractivity (Wildman–Crippen MR) is 133 cm³/mol. The summed E-state index contributed by atoms with van der Waals surface area (Å²) in [5.74, 6) is 0.649. The van der Waals surface area contributed by atoms with Crippen LogP contribution in [-0.2, 0) is 16.9 Å². The van der Waals surface area contributed by atoms with E-state index in [4.69, 9.17) is 0 Å². The van der Waals surface area contributed by atoms with Crippen molar-refractivity contribution >= 4 is 35.8 Å². The van der Waals surface area contributed by atoms with Crippen molar-refractivity contribution in [2.45, 2.75) is 32.4 Å². The lowest BCUT2D eigenvalue weighted by molar-refractivity contribution is -0.130. The Labute approximate surface area is 196 Å². The summed E-state index contributed by atoms with van der Waals surface area (Å²) in [5.41, 5.74) is 0.863. The lowest BCUT2D eigenvalue weighted by Gasteiger charge is -2.22. The molecule has 2 aromatic rings. The fourth-order valence-corrected chi connectivity index (χ4v) is 2.89. The van der Waals surface area contributed by atoms with Gasteiger partial charge in [0.15, 0.2) is 5.96 Å². The van der Waals surface area contributed by atoms with Gasteiger partial charge in [0.1, 0.15) is 5.60 Å². The predicted octanol–water partition coefficient (Wildman–Crippen LogP) is 3.12. The molecule has 0 radical (unpaired) electrons. The summed E-state index contributed by atoms with van der Waals surface area (Å²) in [6.07, 6.45) is 0.364. The van der Waals surface area contributed by atoms with Crippen molar-refractivity contribution in [1.29, 1.82) is 0 Å². The summed E-state index contributed by atoms with van der Waals surface area (Å²) in [7, 11) is 1.81. The van der Waals surface area contributed by atoms with Crippen molar-refractivity contribution in [2.24, 2.45) is 4.99 Å². The first-order valence-corrected chi connectivity index (χ1v) is 10.0. The second-order valence-electron chi connectivity index (χ2n) is 7.25. The number of carbonyl (C=O) groups excluding carboxylic acids is 1. The third-order valence-corrected chi connectivity index (χ3v) is 4.60. The first kappa shape index (κ1) is 25.9. The first-order valence-electron chi connectivity index (χ1n) is 10.0. The highest BCUT2D eigenvalue weighted by molar-refractivity contribution is 14.0. The molecule has 0 saturated heterocycles. The van der Waals surface area contributed by atoms with Crippen LogP contribution < -0.4 is 10.6 Å². The van der Waals surface area contributed by atoms with Crippen LogP contribution in [0.5, 0.6) is 0 Å². The number of nitrogens with one attached hydrogen (secondary N) is 2. The molecule has 0 aliphatic rings. The highest BCUT2D eigenvalue weighted by Crippen LogP contribution is 2.20. The molecule has 0 bridgehead atoms. The zero-order valence-electron chi connectivity index (χ0n) is 18.0. The minimum Gasteiger partial charge on any atom is -0.384 e. The van der Waals surface area contributed by atoms with Crippen LogP contribution >= 0.6 is 24.0 Å². The highest BCUT2D eigenvalue weighted by atomic mass is 127. The molecule has 0 saturated carbocycles. The van der Waals surface area contributed by atoms with Gasteiger partial charge in [0, 0.05) is 33.1 Å². The molecule has 2 rings (SSSR count).